The highest BCUT2D eigenvalue weighted by Crippen LogP contribution is 2.34. The number of carbonyl (C=O) groups is 1. The van der Waals surface area contributed by atoms with Crippen molar-refractivity contribution in [3.8, 4) is 11.5 Å². The van der Waals surface area contributed by atoms with Crippen LogP contribution in [0, 0.1) is 13.8 Å². The highest BCUT2D eigenvalue weighted by atomic mass is 35.5. The van der Waals surface area contributed by atoms with Crippen molar-refractivity contribution in [2.75, 3.05) is 17.4 Å². The van der Waals surface area contributed by atoms with Gasteiger partial charge in [-0.15, -0.1) is 0 Å². The van der Waals surface area contributed by atoms with Gasteiger partial charge in [-0.3, -0.25) is 4.79 Å². The number of halogens is 1. The number of aromatic nitrogens is 2. The van der Waals surface area contributed by atoms with Crippen LogP contribution in [0.5, 0.6) is 11.5 Å². The average Bonchev–Trinajstić information content (AvgIpc) is 3.12. The fourth-order valence-corrected chi connectivity index (χ4v) is 2.89. The van der Waals surface area contributed by atoms with Gasteiger partial charge >= 0.3 is 0 Å². The zero-order valence-corrected chi connectivity index (χ0v) is 16.0. The monoisotopic (exact) mass is 396 g/mol. The molecular formula is C20H17ClN4O3. The summed E-state index contributed by atoms with van der Waals surface area (Å²) < 4.78 is 10.7. The SMILES string of the molecule is Cc1cc(C(=O)Nc2ccc(C)c(Cl)c2)nc(Nc2ccc3c(c2)OCO3)n1. The third-order valence-electron chi connectivity index (χ3n) is 4.15. The smallest absolute Gasteiger partial charge is 0.274 e. The van der Waals surface area contributed by atoms with E-state index in [9.17, 15) is 4.79 Å². The molecule has 7 nitrogen and oxygen atoms in total. The zero-order valence-electron chi connectivity index (χ0n) is 15.2. The summed E-state index contributed by atoms with van der Waals surface area (Å²) in [6, 6.07) is 12.4. The lowest BCUT2D eigenvalue weighted by atomic mass is 10.2. The molecule has 2 N–H and O–H groups in total. The van der Waals surface area contributed by atoms with E-state index < -0.39 is 0 Å². The van der Waals surface area contributed by atoms with E-state index in [1.807, 2.05) is 19.1 Å². The Labute approximate surface area is 166 Å². The maximum absolute atomic E-state index is 12.6. The van der Waals surface area contributed by atoms with Crippen LogP contribution in [0.15, 0.2) is 42.5 Å². The van der Waals surface area contributed by atoms with E-state index in [0.29, 0.717) is 33.9 Å². The fourth-order valence-electron chi connectivity index (χ4n) is 2.71. The second-order valence-corrected chi connectivity index (χ2v) is 6.74. The minimum Gasteiger partial charge on any atom is -0.454 e. The van der Waals surface area contributed by atoms with Crippen LogP contribution in [0.2, 0.25) is 5.02 Å². The molecule has 0 radical (unpaired) electrons. The largest absolute Gasteiger partial charge is 0.454 e. The summed E-state index contributed by atoms with van der Waals surface area (Å²) in [5.74, 6) is 1.30. The van der Waals surface area contributed by atoms with Crippen LogP contribution in [0.3, 0.4) is 0 Å². The lowest BCUT2D eigenvalue weighted by molar-refractivity contribution is 0.102. The molecule has 4 rings (SSSR count). The van der Waals surface area contributed by atoms with Crippen LogP contribution in [-0.4, -0.2) is 22.7 Å². The summed E-state index contributed by atoms with van der Waals surface area (Å²) in [5.41, 5.74) is 3.17. The molecular weight excluding hydrogens is 380 g/mol. The lowest BCUT2D eigenvalue weighted by Gasteiger charge is -2.10. The van der Waals surface area contributed by atoms with Crippen LogP contribution < -0.4 is 20.1 Å². The number of ether oxygens (including phenoxy) is 2. The number of anilines is 3. The third kappa shape index (κ3) is 3.84. The predicted molar refractivity (Wildman–Crippen MR) is 107 cm³/mol. The minimum atomic E-state index is -0.348. The maximum Gasteiger partial charge on any atom is 0.274 e. The predicted octanol–water partition coefficient (Wildman–Crippen LogP) is 4.47. The Morgan fingerprint density at radius 1 is 1.00 bits per heavy atom. The van der Waals surface area contributed by atoms with Crippen molar-refractivity contribution in [3.05, 3.63) is 64.4 Å². The first-order valence-electron chi connectivity index (χ1n) is 8.58. The molecule has 0 spiro atoms. The molecule has 0 aliphatic carbocycles. The number of fused-ring (bicyclic) bond motifs is 1. The van der Waals surface area contributed by atoms with Crippen LogP contribution in [0.1, 0.15) is 21.7 Å². The molecule has 1 aromatic heterocycles. The van der Waals surface area contributed by atoms with Gasteiger partial charge in [0, 0.05) is 28.2 Å². The molecule has 8 heteroatoms. The Bertz CT molecular complexity index is 1070. The van der Waals surface area contributed by atoms with Crippen LogP contribution in [0.25, 0.3) is 0 Å². The van der Waals surface area contributed by atoms with Crippen molar-refractivity contribution in [1.82, 2.24) is 9.97 Å². The van der Waals surface area contributed by atoms with Gasteiger partial charge in [-0.05, 0) is 49.7 Å². The van der Waals surface area contributed by atoms with Gasteiger partial charge in [0.2, 0.25) is 12.7 Å². The summed E-state index contributed by atoms with van der Waals surface area (Å²) >= 11 is 6.12. The van der Waals surface area contributed by atoms with Gasteiger partial charge in [-0.1, -0.05) is 17.7 Å². The molecule has 2 heterocycles. The van der Waals surface area contributed by atoms with Gasteiger partial charge in [-0.25, -0.2) is 9.97 Å². The minimum absolute atomic E-state index is 0.201. The second kappa shape index (κ2) is 7.36. The van der Waals surface area contributed by atoms with Crippen molar-refractivity contribution in [2.24, 2.45) is 0 Å². The number of aryl methyl sites for hydroxylation is 2. The fraction of sp³-hybridized carbons (Fsp3) is 0.150. The van der Waals surface area contributed by atoms with Gasteiger partial charge in [0.15, 0.2) is 11.5 Å². The number of amides is 1. The summed E-state index contributed by atoms with van der Waals surface area (Å²) in [6.45, 7) is 3.90. The second-order valence-electron chi connectivity index (χ2n) is 6.33. The molecule has 0 fully saturated rings. The number of hydrogen-bond donors (Lipinski definition) is 2. The Hall–Kier alpha value is -3.32. The summed E-state index contributed by atoms with van der Waals surface area (Å²) in [4.78, 5) is 21.3. The van der Waals surface area contributed by atoms with Gasteiger partial charge < -0.3 is 20.1 Å². The molecule has 0 atom stereocenters. The Morgan fingerprint density at radius 2 is 1.79 bits per heavy atom. The maximum atomic E-state index is 12.6. The lowest BCUT2D eigenvalue weighted by Crippen LogP contribution is -2.15. The molecule has 3 aromatic rings. The third-order valence-corrected chi connectivity index (χ3v) is 4.55. The van der Waals surface area contributed by atoms with E-state index in [1.54, 1.807) is 37.3 Å². The number of hydrogen-bond acceptors (Lipinski definition) is 6. The zero-order chi connectivity index (χ0) is 19.7. The van der Waals surface area contributed by atoms with E-state index in [-0.39, 0.29) is 18.4 Å². The molecule has 142 valence electrons. The van der Waals surface area contributed by atoms with Gasteiger partial charge in [0.05, 0.1) is 0 Å². The average molecular weight is 397 g/mol. The van der Waals surface area contributed by atoms with E-state index in [1.165, 1.54) is 0 Å². The molecule has 0 saturated carbocycles. The van der Waals surface area contributed by atoms with Crippen LogP contribution in [-0.2, 0) is 0 Å². The van der Waals surface area contributed by atoms with E-state index in [4.69, 9.17) is 21.1 Å². The van der Waals surface area contributed by atoms with Crippen molar-refractivity contribution >= 4 is 34.8 Å². The molecule has 1 aliphatic heterocycles. The van der Waals surface area contributed by atoms with Gasteiger partial charge in [-0.2, -0.15) is 0 Å². The van der Waals surface area contributed by atoms with Gasteiger partial charge in [0.25, 0.3) is 5.91 Å². The van der Waals surface area contributed by atoms with Crippen molar-refractivity contribution in [2.45, 2.75) is 13.8 Å². The molecule has 2 aromatic carbocycles. The van der Waals surface area contributed by atoms with E-state index >= 15 is 0 Å². The Morgan fingerprint density at radius 3 is 2.61 bits per heavy atom. The van der Waals surface area contributed by atoms with E-state index in [2.05, 4.69) is 20.6 Å². The molecule has 28 heavy (non-hydrogen) atoms. The topological polar surface area (TPSA) is 85.4 Å². The van der Waals surface area contributed by atoms with Crippen LogP contribution >= 0.6 is 11.6 Å². The first-order valence-corrected chi connectivity index (χ1v) is 8.95. The Balaban J connectivity index is 1.54. The highest BCUT2D eigenvalue weighted by Gasteiger charge is 2.15. The van der Waals surface area contributed by atoms with Crippen LogP contribution in [0.4, 0.5) is 17.3 Å². The number of nitrogens with zero attached hydrogens (tertiary/aromatic N) is 2. The summed E-state index contributed by atoms with van der Waals surface area (Å²) in [5, 5.41) is 6.48. The summed E-state index contributed by atoms with van der Waals surface area (Å²) in [6.07, 6.45) is 0. The van der Waals surface area contributed by atoms with Crippen molar-refractivity contribution in [3.63, 3.8) is 0 Å². The highest BCUT2D eigenvalue weighted by molar-refractivity contribution is 6.31. The Kier molecular flexibility index (Phi) is 4.75. The van der Waals surface area contributed by atoms with Crippen molar-refractivity contribution < 1.29 is 14.3 Å². The number of carbonyl (C=O) groups excluding carboxylic acids is 1. The molecule has 1 amide bonds. The first kappa shape index (κ1) is 18.1. The van der Waals surface area contributed by atoms with E-state index in [0.717, 1.165) is 11.3 Å². The molecule has 0 bridgehead atoms. The molecule has 0 saturated heterocycles. The number of benzene rings is 2. The van der Waals surface area contributed by atoms with Gasteiger partial charge in [0.1, 0.15) is 5.69 Å². The standard InChI is InChI=1S/C20H17ClN4O3/c1-11-3-4-13(8-15(11)21)23-19(26)16-7-12(2)22-20(25-16)24-14-5-6-17-18(9-14)28-10-27-17/h3-9H,10H2,1-2H3,(H,23,26)(H,22,24,25). The molecule has 1 aliphatic rings. The summed E-state index contributed by atoms with van der Waals surface area (Å²) in [7, 11) is 0. The number of rotatable bonds is 4. The first-order chi connectivity index (χ1) is 13.5. The normalized spacial score (nSPS) is 12.0. The number of nitrogens with one attached hydrogen (secondary N) is 2. The van der Waals surface area contributed by atoms with Crippen molar-refractivity contribution in [1.29, 1.82) is 0 Å². The quantitative estimate of drug-likeness (QED) is 0.676. The molecule has 0 unspecified atom stereocenters.